The molecule has 0 spiro atoms. The van der Waals surface area contributed by atoms with Gasteiger partial charge in [-0.2, -0.15) is 0 Å². The van der Waals surface area contributed by atoms with Crippen LogP contribution in [0.25, 0.3) is 0 Å². The van der Waals surface area contributed by atoms with Gasteiger partial charge in [0.25, 0.3) is 0 Å². The zero-order chi connectivity index (χ0) is 37.6. The molecular formula is C37H71NO13. The fourth-order valence-electron chi connectivity index (χ4n) is 6.73. The first-order valence-electron chi connectivity index (χ1n) is 19.8. The summed E-state index contributed by atoms with van der Waals surface area (Å²) in [6.07, 6.45) is 5.23. The minimum absolute atomic E-state index is 0.188. The van der Waals surface area contributed by atoms with Gasteiger partial charge in [0.05, 0.1) is 32.0 Å². The Morgan fingerprint density at radius 2 is 1.10 bits per heavy atom. The summed E-state index contributed by atoms with van der Waals surface area (Å²) in [5.41, 5.74) is 0. The standard InChI is InChI=1S/C37H71NO13/c1-3-5-6-7-8-9-10-11-12-13-14-15-16-17-18-19-20-21-26(41)25(38-29(42)4-2)24-48-36-34(47)32(45)35(28(23-40)50-36)51-37-33(46)31(44)30(43)27(22-39)49-37/h25-28,30-37,39-41,43-47H,3-24H2,1-2H3,(H,38,42). The number of hydrogen-bond donors (Lipinski definition) is 9. The maximum Gasteiger partial charge on any atom is 0.220 e. The van der Waals surface area contributed by atoms with Gasteiger partial charge in [0.1, 0.15) is 48.8 Å². The monoisotopic (exact) mass is 737 g/mol. The van der Waals surface area contributed by atoms with Gasteiger partial charge in [-0.15, -0.1) is 0 Å². The first-order valence-corrected chi connectivity index (χ1v) is 19.8. The highest BCUT2D eigenvalue weighted by atomic mass is 16.7. The Morgan fingerprint density at radius 1 is 0.627 bits per heavy atom. The molecule has 2 aliphatic heterocycles. The van der Waals surface area contributed by atoms with Gasteiger partial charge in [-0.3, -0.25) is 4.79 Å². The van der Waals surface area contributed by atoms with E-state index in [1.54, 1.807) is 6.92 Å². The van der Waals surface area contributed by atoms with Gasteiger partial charge in [-0.1, -0.05) is 123 Å². The van der Waals surface area contributed by atoms with Crippen molar-refractivity contribution in [1.82, 2.24) is 5.32 Å². The van der Waals surface area contributed by atoms with Crippen LogP contribution in [0.2, 0.25) is 0 Å². The molecule has 51 heavy (non-hydrogen) atoms. The van der Waals surface area contributed by atoms with E-state index in [9.17, 15) is 45.6 Å². The van der Waals surface area contributed by atoms with Crippen LogP contribution in [-0.2, 0) is 23.7 Å². The third-order valence-electron chi connectivity index (χ3n) is 10.1. The van der Waals surface area contributed by atoms with Gasteiger partial charge in [0.15, 0.2) is 12.6 Å². The van der Waals surface area contributed by atoms with E-state index in [-0.39, 0.29) is 18.9 Å². The number of aliphatic hydroxyl groups is 8. The number of rotatable bonds is 28. The molecule has 302 valence electrons. The maximum atomic E-state index is 12.2. The molecule has 2 fully saturated rings. The molecule has 14 heteroatoms. The number of amides is 1. The molecule has 2 saturated heterocycles. The normalized spacial score (nSPS) is 31.0. The minimum Gasteiger partial charge on any atom is -0.394 e. The lowest BCUT2D eigenvalue weighted by atomic mass is 9.97. The second-order valence-corrected chi connectivity index (χ2v) is 14.4. The Bertz CT molecular complexity index is 883. The van der Waals surface area contributed by atoms with Crippen LogP contribution in [0, 0.1) is 0 Å². The Hall–Kier alpha value is -1.01. The summed E-state index contributed by atoms with van der Waals surface area (Å²) in [5.74, 6) is -0.295. The van der Waals surface area contributed by atoms with Gasteiger partial charge >= 0.3 is 0 Å². The lowest BCUT2D eigenvalue weighted by Gasteiger charge is -2.46. The second kappa shape index (κ2) is 26.7. The molecule has 14 nitrogen and oxygen atoms in total. The SMILES string of the molecule is CCCCCCCCCCCCCCCCCCCC(O)C(COC1OC(CO)C(OC2OC(CO)C(O)C(O)C2O)C(O)C1O)NC(=O)CC. The molecule has 12 atom stereocenters. The van der Waals surface area contributed by atoms with Crippen LogP contribution >= 0.6 is 0 Å². The minimum atomic E-state index is -1.77. The summed E-state index contributed by atoms with van der Waals surface area (Å²) in [4.78, 5) is 12.2. The van der Waals surface area contributed by atoms with Gasteiger partial charge in [-0.25, -0.2) is 0 Å². The van der Waals surface area contributed by atoms with Crippen molar-refractivity contribution in [1.29, 1.82) is 0 Å². The average molecular weight is 738 g/mol. The number of nitrogens with one attached hydrogen (secondary N) is 1. The number of ether oxygens (including phenoxy) is 4. The van der Waals surface area contributed by atoms with Crippen molar-refractivity contribution in [2.45, 2.75) is 209 Å². The Balaban J connectivity index is 1.72. The Labute approximate surface area is 304 Å². The van der Waals surface area contributed by atoms with Crippen LogP contribution in [0.4, 0.5) is 0 Å². The summed E-state index contributed by atoms with van der Waals surface area (Å²) in [5, 5.41) is 85.2. The highest BCUT2D eigenvalue weighted by Gasteiger charge is 2.50. The third kappa shape index (κ3) is 16.5. The quantitative estimate of drug-likeness (QED) is 0.0524. The molecule has 2 aliphatic rings. The van der Waals surface area contributed by atoms with E-state index in [1.165, 1.54) is 83.5 Å². The van der Waals surface area contributed by atoms with E-state index in [0.29, 0.717) is 6.42 Å². The topological polar surface area (TPSA) is 228 Å². The highest BCUT2D eigenvalue weighted by molar-refractivity contribution is 5.75. The smallest absolute Gasteiger partial charge is 0.220 e. The fraction of sp³-hybridized carbons (Fsp3) is 0.973. The zero-order valence-corrected chi connectivity index (χ0v) is 31.1. The fourth-order valence-corrected chi connectivity index (χ4v) is 6.73. The summed E-state index contributed by atoms with van der Waals surface area (Å²) < 4.78 is 22.3. The van der Waals surface area contributed by atoms with Crippen molar-refractivity contribution in [2.75, 3.05) is 19.8 Å². The van der Waals surface area contributed by atoms with E-state index < -0.39 is 86.8 Å². The van der Waals surface area contributed by atoms with Crippen LogP contribution in [-0.4, -0.2) is 140 Å². The first kappa shape index (κ1) is 46.1. The van der Waals surface area contributed by atoms with Gasteiger partial charge in [0.2, 0.25) is 5.91 Å². The molecule has 2 rings (SSSR count). The predicted octanol–water partition coefficient (Wildman–Crippen LogP) is 1.92. The predicted molar refractivity (Wildman–Crippen MR) is 189 cm³/mol. The molecule has 0 aromatic rings. The van der Waals surface area contributed by atoms with Crippen molar-refractivity contribution in [3.05, 3.63) is 0 Å². The largest absolute Gasteiger partial charge is 0.394 e. The molecule has 12 unspecified atom stereocenters. The van der Waals surface area contributed by atoms with Crippen LogP contribution in [0.15, 0.2) is 0 Å². The van der Waals surface area contributed by atoms with Gasteiger partial charge in [0, 0.05) is 6.42 Å². The highest BCUT2D eigenvalue weighted by Crippen LogP contribution is 2.30. The second-order valence-electron chi connectivity index (χ2n) is 14.4. The zero-order valence-electron chi connectivity index (χ0n) is 31.1. The lowest BCUT2D eigenvalue weighted by molar-refractivity contribution is -0.359. The summed E-state index contributed by atoms with van der Waals surface area (Å²) >= 11 is 0. The molecule has 2 heterocycles. The van der Waals surface area contributed by atoms with Gasteiger partial charge in [-0.05, 0) is 6.42 Å². The molecule has 0 radical (unpaired) electrons. The molecule has 0 aliphatic carbocycles. The molecular weight excluding hydrogens is 666 g/mol. The summed E-state index contributed by atoms with van der Waals surface area (Å²) in [6.45, 7) is 2.28. The first-order chi connectivity index (χ1) is 24.6. The number of unbranched alkanes of at least 4 members (excludes halogenated alkanes) is 16. The lowest BCUT2D eigenvalue weighted by Crippen LogP contribution is -2.65. The number of carbonyl (C=O) groups excluding carboxylic acids is 1. The third-order valence-corrected chi connectivity index (χ3v) is 10.1. The molecule has 0 aromatic heterocycles. The van der Waals surface area contributed by atoms with Crippen LogP contribution < -0.4 is 5.32 Å². The molecule has 0 aromatic carbocycles. The van der Waals surface area contributed by atoms with E-state index >= 15 is 0 Å². The summed E-state index contributed by atoms with van der Waals surface area (Å²) in [6, 6.07) is -0.817. The number of carbonyl (C=O) groups is 1. The maximum absolute atomic E-state index is 12.2. The van der Waals surface area contributed by atoms with E-state index in [1.807, 2.05) is 0 Å². The van der Waals surface area contributed by atoms with Gasteiger partial charge < -0.3 is 65.1 Å². The van der Waals surface area contributed by atoms with E-state index in [4.69, 9.17) is 18.9 Å². The van der Waals surface area contributed by atoms with Crippen LogP contribution in [0.5, 0.6) is 0 Å². The molecule has 0 saturated carbocycles. The number of hydrogen-bond acceptors (Lipinski definition) is 13. The van der Waals surface area contributed by atoms with Crippen molar-refractivity contribution in [3.8, 4) is 0 Å². The number of aliphatic hydroxyl groups excluding tert-OH is 8. The van der Waals surface area contributed by atoms with Crippen molar-refractivity contribution < 1.29 is 64.6 Å². The Morgan fingerprint density at radius 3 is 1.59 bits per heavy atom. The molecule has 1 amide bonds. The van der Waals surface area contributed by atoms with Crippen molar-refractivity contribution in [3.63, 3.8) is 0 Å². The Kier molecular flexibility index (Phi) is 24.2. The molecule has 9 N–H and O–H groups in total. The average Bonchev–Trinajstić information content (AvgIpc) is 3.13. The molecule has 0 bridgehead atoms. The van der Waals surface area contributed by atoms with E-state index in [0.717, 1.165) is 25.7 Å². The summed E-state index contributed by atoms with van der Waals surface area (Å²) in [7, 11) is 0. The van der Waals surface area contributed by atoms with E-state index in [2.05, 4.69) is 12.2 Å². The van der Waals surface area contributed by atoms with Crippen LogP contribution in [0.1, 0.15) is 136 Å². The van der Waals surface area contributed by atoms with Crippen molar-refractivity contribution in [2.24, 2.45) is 0 Å². The van der Waals surface area contributed by atoms with Crippen LogP contribution in [0.3, 0.4) is 0 Å². The van der Waals surface area contributed by atoms with Crippen molar-refractivity contribution >= 4 is 5.91 Å².